The molecule has 1 amide bonds. The first-order valence-electron chi connectivity index (χ1n) is 6.25. The number of rotatable bonds is 3. The van der Waals surface area contributed by atoms with Crippen LogP contribution in [0.25, 0.3) is 0 Å². The fourth-order valence-electron chi connectivity index (χ4n) is 2.42. The van der Waals surface area contributed by atoms with Crippen molar-refractivity contribution < 1.29 is 19.8 Å². The van der Waals surface area contributed by atoms with E-state index in [1.54, 1.807) is 37.3 Å². The van der Waals surface area contributed by atoms with Gasteiger partial charge in [0.1, 0.15) is 0 Å². The molecule has 1 aliphatic heterocycles. The fraction of sp³-hybridized carbons (Fsp3) is 0.429. The van der Waals surface area contributed by atoms with Crippen LogP contribution in [0.1, 0.15) is 18.6 Å². The van der Waals surface area contributed by atoms with E-state index in [0.717, 1.165) is 0 Å². The molecule has 1 saturated heterocycles. The van der Waals surface area contributed by atoms with Crippen LogP contribution in [-0.4, -0.2) is 40.1 Å². The zero-order valence-corrected chi connectivity index (χ0v) is 10.7. The maximum Gasteiger partial charge on any atom is 0.308 e. The Morgan fingerprint density at radius 1 is 1.26 bits per heavy atom. The number of carbonyl (C=O) groups is 2. The van der Waals surface area contributed by atoms with Gasteiger partial charge in [-0.1, -0.05) is 37.3 Å². The third kappa shape index (κ3) is 2.76. The number of nitrogens with zero attached hydrogens (tertiary/aromatic N) is 1. The van der Waals surface area contributed by atoms with Crippen molar-refractivity contribution in [2.45, 2.75) is 13.0 Å². The highest BCUT2D eigenvalue weighted by Gasteiger charge is 2.38. The fourth-order valence-corrected chi connectivity index (χ4v) is 2.42. The van der Waals surface area contributed by atoms with E-state index in [1.807, 2.05) is 0 Å². The lowest BCUT2D eigenvalue weighted by atomic mass is 9.99. The number of hydrogen-bond acceptors (Lipinski definition) is 3. The van der Waals surface area contributed by atoms with E-state index in [2.05, 4.69) is 0 Å². The lowest BCUT2D eigenvalue weighted by Gasteiger charge is -2.20. The average Bonchev–Trinajstić information content (AvgIpc) is 2.80. The van der Waals surface area contributed by atoms with E-state index >= 15 is 0 Å². The second-order valence-corrected chi connectivity index (χ2v) is 4.98. The zero-order chi connectivity index (χ0) is 14.0. The van der Waals surface area contributed by atoms with Crippen molar-refractivity contribution in [3.63, 3.8) is 0 Å². The largest absolute Gasteiger partial charge is 0.481 e. The number of carboxylic acids is 1. The number of aliphatic hydroxyl groups excluding tert-OH is 1. The van der Waals surface area contributed by atoms with Gasteiger partial charge in [0.2, 0.25) is 0 Å². The second-order valence-electron chi connectivity index (χ2n) is 4.98. The number of carboxylic acid groups (broad SMARTS) is 1. The van der Waals surface area contributed by atoms with E-state index in [0.29, 0.717) is 12.1 Å². The van der Waals surface area contributed by atoms with Crippen LogP contribution in [0.2, 0.25) is 0 Å². The molecule has 0 bridgehead atoms. The molecular formula is C14H17NO4. The minimum Gasteiger partial charge on any atom is -0.481 e. The first kappa shape index (κ1) is 13.5. The molecule has 1 fully saturated rings. The van der Waals surface area contributed by atoms with Gasteiger partial charge < -0.3 is 15.1 Å². The molecule has 0 spiro atoms. The van der Waals surface area contributed by atoms with Gasteiger partial charge in [-0.3, -0.25) is 9.59 Å². The van der Waals surface area contributed by atoms with Gasteiger partial charge >= 0.3 is 5.97 Å². The molecule has 1 aliphatic rings. The van der Waals surface area contributed by atoms with Crippen molar-refractivity contribution in [2.75, 3.05) is 13.1 Å². The van der Waals surface area contributed by atoms with Crippen molar-refractivity contribution in [1.82, 2.24) is 4.90 Å². The molecule has 19 heavy (non-hydrogen) atoms. The molecule has 1 heterocycles. The SMILES string of the molecule is C[C@@H]1CN(C(=O)[C@@H](O)c2ccccc2)C[C@H]1C(=O)O. The summed E-state index contributed by atoms with van der Waals surface area (Å²) in [6, 6.07) is 8.66. The number of hydrogen-bond donors (Lipinski definition) is 2. The summed E-state index contributed by atoms with van der Waals surface area (Å²) in [6.07, 6.45) is -1.22. The standard InChI is InChI=1S/C14H17NO4/c1-9-7-15(8-11(9)14(18)19)13(17)12(16)10-5-3-2-4-6-10/h2-6,9,11-12,16H,7-8H2,1H3,(H,18,19)/t9-,11-,12+/m1/s1. The second kappa shape index (κ2) is 5.40. The van der Waals surface area contributed by atoms with E-state index in [1.165, 1.54) is 4.90 Å². The number of carbonyl (C=O) groups excluding carboxylic acids is 1. The molecule has 1 aromatic carbocycles. The Kier molecular flexibility index (Phi) is 3.85. The summed E-state index contributed by atoms with van der Waals surface area (Å²) < 4.78 is 0. The molecule has 5 heteroatoms. The summed E-state index contributed by atoms with van der Waals surface area (Å²) in [5.74, 6) is -1.96. The molecule has 0 aliphatic carbocycles. The van der Waals surface area contributed by atoms with Crippen molar-refractivity contribution in [3.8, 4) is 0 Å². The molecule has 0 saturated carbocycles. The first-order chi connectivity index (χ1) is 9.00. The Morgan fingerprint density at radius 3 is 2.42 bits per heavy atom. The number of benzene rings is 1. The van der Waals surface area contributed by atoms with Gasteiger partial charge in [-0.25, -0.2) is 0 Å². The normalized spacial score (nSPS) is 24.2. The third-order valence-corrected chi connectivity index (χ3v) is 3.59. The quantitative estimate of drug-likeness (QED) is 0.849. The van der Waals surface area contributed by atoms with Crippen LogP contribution in [-0.2, 0) is 9.59 Å². The Bertz CT molecular complexity index is 474. The van der Waals surface area contributed by atoms with Crippen LogP contribution >= 0.6 is 0 Å². The van der Waals surface area contributed by atoms with E-state index in [9.17, 15) is 14.7 Å². The molecular weight excluding hydrogens is 246 g/mol. The van der Waals surface area contributed by atoms with Gasteiger partial charge in [0.25, 0.3) is 5.91 Å². The van der Waals surface area contributed by atoms with Gasteiger partial charge in [0.05, 0.1) is 5.92 Å². The Balaban J connectivity index is 2.07. The van der Waals surface area contributed by atoms with E-state index in [4.69, 9.17) is 5.11 Å². The Labute approximate surface area is 111 Å². The monoisotopic (exact) mass is 263 g/mol. The maximum atomic E-state index is 12.1. The van der Waals surface area contributed by atoms with Crippen molar-refractivity contribution in [1.29, 1.82) is 0 Å². The highest BCUT2D eigenvalue weighted by molar-refractivity contribution is 5.83. The molecule has 0 radical (unpaired) electrons. The summed E-state index contributed by atoms with van der Waals surface area (Å²) in [5.41, 5.74) is 0.527. The van der Waals surface area contributed by atoms with E-state index in [-0.39, 0.29) is 12.5 Å². The number of aliphatic carboxylic acids is 1. The van der Waals surface area contributed by atoms with Crippen LogP contribution in [0.15, 0.2) is 30.3 Å². The number of aliphatic hydroxyl groups is 1. The predicted molar refractivity (Wildman–Crippen MR) is 68.3 cm³/mol. The van der Waals surface area contributed by atoms with Gasteiger partial charge in [0.15, 0.2) is 6.10 Å². The number of likely N-dealkylation sites (tertiary alicyclic amines) is 1. The molecule has 2 rings (SSSR count). The predicted octanol–water partition coefficient (Wildman–Crippen LogP) is 0.899. The summed E-state index contributed by atoms with van der Waals surface area (Å²) in [4.78, 5) is 24.6. The molecule has 5 nitrogen and oxygen atoms in total. The minimum atomic E-state index is -1.22. The van der Waals surface area contributed by atoms with Gasteiger partial charge in [-0.15, -0.1) is 0 Å². The molecule has 102 valence electrons. The van der Waals surface area contributed by atoms with E-state index < -0.39 is 23.9 Å². The molecule has 1 aromatic rings. The summed E-state index contributed by atoms with van der Waals surface area (Å²) in [5, 5.41) is 19.1. The van der Waals surface area contributed by atoms with Crippen molar-refractivity contribution in [3.05, 3.63) is 35.9 Å². The van der Waals surface area contributed by atoms with Crippen LogP contribution in [0.5, 0.6) is 0 Å². The van der Waals surface area contributed by atoms with Crippen molar-refractivity contribution in [2.24, 2.45) is 11.8 Å². The van der Waals surface area contributed by atoms with Gasteiger partial charge in [-0.2, -0.15) is 0 Å². The minimum absolute atomic E-state index is 0.0931. The zero-order valence-electron chi connectivity index (χ0n) is 10.7. The summed E-state index contributed by atoms with van der Waals surface area (Å²) in [7, 11) is 0. The summed E-state index contributed by atoms with van der Waals surface area (Å²) in [6.45, 7) is 2.35. The molecule has 0 aromatic heterocycles. The van der Waals surface area contributed by atoms with Crippen LogP contribution < -0.4 is 0 Å². The molecule has 2 N–H and O–H groups in total. The maximum absolute atomic E-state index is 12.1. The topological polar surface area (TPSA) is 77.8 Å². The van der Waals surface area contributed by atoms with Crippen molar-refractivity contribution >= 4 is 11.9 Å². The lowest BCUT2D eigenvalue weighted by Crippen LogP contribution is -2.34. The third-order valence-electron chi connectivity index (χ3n) is 3.59. The molecule has 3 atom stereocenters. The molecule has 0 unspecified atom stereocenters. The smallest absolute Gasteiger partial charge is 0.308 e. The Hall–Kier alpha value is -1.88. The van der Waals surface area contributed by atoms with Crippen LogP contribution in [0.3, 0.4) is 0 Å². The van der Waals surface area contributed by atoms with Crippen LogP contribution in [0.4, 0.5) is 0 Å². The number of amides is 1. The first-order valence-corrected chi connectivity index (χ1v) is 6.25. The highest BCUT2D eigenvalue weighted by Crippen LogP contribution is 2.26. The summed E-state index contributed by atoms with van der Waals surface area (Å²) >= 11 is 0. The highest BCUT2D eigenvalue weighted by atomic mass is 16.4. The van der Waals surface area contributed by atoms with Gasteiger partial charge in [-0.05, 0) is 11.5 Å². The van der Waals surface area contributed by atoms with Gasteiger partial charge in [0, 0.05) is 13.1 Å². The Morgan fingerprint density at radius 2 is 1.89 bits per heavy atom. The van der Waals surface area contributed by atoms with Crippen LogP contribution in [0, 0.1) is 11.8 Å². The lowest BCUT2D eigenvalue weighted by molar-refractivity contribution is -0.143. The average molecular weight is 263 g/mol.